The van der Waals surface area contributed by atoms with Crippen molar-refractivity contribution in [3.63, 3.8) is 0 Å². The van der Waals surface area contributed by atoms with E-state index in [1.165, 1.54) is 283 Å². The van der Waals surface area contributed by atoms with Crippen LogP contribution in [0.1, 0.15) is 446 Å². The topological polar surface area (TPSA) is 150 Å². The number of carbonyl (C=O) groups is 4. The van der Waals surface area contributed by atoms with E-state index >= 15 is 0 Å². The average Bonchev–Trinajstić information content (AvgIpc) is 1.38. The third-order valence-corrected chi connectivity index (χ3v) is 20.0. The molecule has 552 valence electrons. The highest BCUT2D eigenvalue weighted by Gasteiger charge is 2.32. The van der Waals surface area contributed by atoms with Crippen LogP contribution >= 0.6 is 7.82 Å². The Labute approximate surface area is 576 Å². The van der Waals surface area contributed by atoms with Crippen molar-refractivity contribution in [1.29, 1.82) is 0 Å². The molecule has 0 aromatic carbocycles. The van der Waals surface area contributed by atoms with Gasteiger partial charge >= 0.3 is 31.7 Å². The lowest BCUT2D eigenvalue weighted by Gasteiger charge is -2.24. The molecule has 0 N–H and O–H groups in total. The van der Waals surface area contributed by atoms with Crippen molar-refractivity contribution < 1.29 is 56.3 Å². The summed E-state index contributed by atoms with van der Waals surface area (Å²) < 4.78 is 54.7. The minimum Gasteiger partial charge on any atom is -0.462 e. The average molecular weight is 1340 g/mol. The monoisotopic (exact) mass is 1340 g/mol. The van der Waals surface area contributed by atoms with Crippen LogP contribution in [0.2, 0.25) is 0 Å². The Morgan fingerprint density at radius 3 is 0.581 bits per heavy atom. The number of phosphoric acid groups is 1. The highest BCUT2D eigenvalue weighted by Crippen LogP contribution is 2.49. The first kappa shape index (κ1) is 91.0. The lowest BCUT2D eigenvalue weighted by Crippen LogP contribution is -2.31. The molecule has 0 amide bonds. The molecule has 0 heterocycles. The van der Waals surface area contributed by atoms with Crippen LogP contribution in [-0.2, 0) is 56.3 Å². The maximum atomic E-state index is 14.3. The molecule has 2 unspecified atom stereocenters. The Kier molecular flexibility index (Phi) is 72.6. The zero-order chi connectivity index (χ0) is 67.7. The predicted molar refractivity (Wildman–Crippen MR) is 391 cm³/mol. The van der Waals surface area contributed by atoms with Gasteiger partial charge in [-0.3, -0.25) is 32.7 Å². The predicted octanol–water partition coefficient (Wildman–Crippen LogP) is 26.1. The summed E-state index contributed by atoms with van der Waals surface area (Å²) >= 11 is 0. The fourth-order valence-electron chi connectivity index (χ4n) is 12.4. The summed E-state index contributed by atoms with van der Waals surface area (Å²) in [4.78, 5) is 52.8. The van der Waals surface area contributed by atoms with Gasteiger partial charge in [0.15, 0.2) is 12.2 Å². The highest BCUT2D eigenvalue weighted by atomic mass is 31.2. The molecule has 0 radical (unpaired) electrons. The second-order valence-corrected chi connectivity index (χ2v) is 29.5. The number of rotatable bonds is 78. The van der Waals surface area contributed by atoms with E-state index in [-0.39, 0.29) is 57.4 Å². The van der Waals surface area contributed by atoms with Gasteiger partial charge in [0, 0.05) is 25.7 Å². The number of carbonyl (C=O) groups excluding carboxylic acids is 4. The van der Waals surface area contributed by atoms with Gasteiger partial charge in [0.05, 0.1) is 19.8 Å². The van der Waals surface area contributed by atoms with E-state index in [1.54, 1.807) is 6.92 Å². The highest BCUT2D eigenvalue weighted by molar-refractivity contribution is 7.48. The third-order valence-electron chi connectivity index (χ3n) is 18.5. The first-order valence-corrected chi connectivity index (χ1v) is 42.3. The first-order valence-electron chi connectivity index (χ1n) is 40.9. The molecule has 0 fully saturated rings. The zero-order valence-electron chi connectivity index (χ0n) is 62.3. The molecule has 93 heavy (non-hydrogen) atoms. The lowest BCUT2D eigenvalue weighted by atomic mass is 10.0. The maximum absolute atomic E-state index is 14.3. The third kappa shape index (κ3) is 69.7. The number of esters is 4. The van der Waals surface area contributed by atoms with E-state index < -0.39 is 45.2 Å². The standard InChI is InChI=1S/C80H155O12P/c1-6-11-15-19-23-27-31-35-39-43-47-51-55-59-63-67-77(81)86-71-75(91-79(83)69-65-61-57-53-49-45-41-37-33-29-25-21-17-13-8-3)73-89-93(85,88-10-5)90-74-76(92-80(84)70-66-62-58-54-50-46-42-38-34-30-26-22-18-14-9-4)72-87-78(82)68-64-60-56-52-48-44-40-36-32-28-24-20-16-12-7-2/h75-76H,6-74H2,1-5H3. The van der Waals surface area contributed by atoms with Crippen molar-refractivity contribution in [3.05, 3.63) is 0 Å². The SMILES string of the molecule is CCCCCCCCCCCCCCCCCC(=O)OCC(COP(=O)(OCC)OCC(COC(=O)CCCCCCCCCCCCCCCCC)OC(=O)CCCCCCCCCCCCCCCCC)OC(=O)CCCCCCCCCCCCCCCCC. The Balaban J connectivity index is 5.49. The van der Waals surface area contributed by atoms with Gasteiger partial charge in [0.1, 0.15) is 13.2 Å². The maximum Gasteiger partial charge on any atom is 0.475 e. The largest absolute Gasteiger partial charge is 0.475 e. The first-order chi connectivity index (χ1) is 45.6. The van der Waals surface area contributed by atoms with E-state index in [2.05, 4.69) is 27.7 Å². The van der Waals surface area contributed by atoms with Crippen LogP contribution in [0.4, 0.5) is 0 Å². The summed E-state index contributed by atoms with van der Waals surface area (Å²) in [6, 6.07) is 0. The molecule has 13 heteroatoms. The van der Waals surface area contributed by atoms with Crippen molar-refractivity contribution in [1.82, 2.24) is 0 Å². The Bertz CT molecular complexity index is 1520. The molecule has 0 aromatic rings. The van der Waals surface area contributed by atoms with Crippen molar-refractivity contribution in [2.24, 2.45) is 0 Å². The Hall–Kier alpha value is -2.01. The van der Waals surface area contributed by atoms with Crippen molar-refractivity contribution in [2.75, 3.05) is 33.0 Å². The van der Waals surface area contributed by atoms with E-state index in [9.17, 15) is 23.7 Å². The van der Waals surface area contributed by atoms with Crippen LogP contribution < -0.4 is 0 Å². The van der Waals surface area contributed by atoms with Gasteiger partial charge in [-0.15, -0.1) is 0 Å². The van der Waals surface area contributed by atoms with Gasteiger partial charge in [0.25, 0.3) is 0 Å². The zero-order valence-corrected chi connectivity index (χ0v) is 63.2. The van der Waals surface area contributed by atoms with Crippen LogP contribution in [0.5, 0.6) is 0 Å². The van der Waals surface area contributed by atoms with E-state index in [0.29, 0.717) is 25.7 Å². The molecule has 0 aliphatic carbocycles. The Morgan fingerprint density at radius 2 is 0.398 bits per heavy atom. The number of hydrogen-bond acceptors (Lipinski definition) is 12. The summed E-state index contributed by atoms with van der Waals surface area (Å²) in [6.45, 7) is 9.28. The lowest BCUT2D eigenvalue weighted by molar-refractivity contribution is -0.162. The minimum absolute atomic E-state index is 0.0347. The molecular formula is C80H155O12P. The molecule has 0 saturated heterocycles. The van der Waals surface area contributed by atoms with Crippen molar-refractivity contribution >= 4 is 31.7 Å². The second-order valence-electron chi connectivity index (χ2n) is 27.8. The van der Waals surface area contributed by atoms with Crippen LogP contribution in [0.25, 0.3) is 0 Å². The van der Waals surface area contributed by atoms with Gasteiger partial charge < -0.3 is 18.9 Å². The normalized spacial score (nSPS) is 12.9. The molecule has 0 aliphatic rings. The molecule has 0 saturated carbocycles. The molecule has 0 spiro atoms. The van der Waals surface area contributed by atoms with Crippen LogP contribution in [-0.4, -0.2) is 69.1 Å². The van der Waals surface area contributed by atoms with Crippen molar-refractivity contribution in [2.45, 2.75) is 458 Å². The molecule has 0 bridgehead atoms. The number of unbranched alkanes of at least 4 members (excludes halogenated alkanes) is 56. The van der Waals surface area contributed by atoms with Gasteiger partial charge in [0.2, 0.25) is 0 Å². The molecule has 0 rings (SSSR count). The second kappa shape index (κ2) is 74.2. The number of ether oxygens (including phenoxy) is 4. The molecule has 12 nitrogen and oxygen atoms in total. The fourth-order valence-corrected chi connectivity index (χ4v) is 13.7. The van der Waals surface area contributed by atoms with Gasteiger partial charge in [-0.1, -0.05) is 387 Å². The summed E-state index contributed by atoms with van der Waals surface area (Å²) in [5, 5.41) is 0. The van der Waals surface area contributed by atoms with E-state index in [0.717, 1.165) is 77.0 Å². The summed E-state index contributed by atoms with van der Waals surface area (Å²) in [6.07, 6.45) is 72.4. The summed E-state index contributed by atoms with van der Waals surface area (Å²) in [5.41, 5.74) is 0. The molecule has 2 atom stereocenters. The smallest absolute Gasteiger partial charge is 0.462 e. The van der Waals surface area contributed by atoms with Crippen molar-refractivity contribution in [3.8, 4) is 0 Å². The van der Waals surface area contributed by atoms with E-state index in [1.807, 2.05) is 0 Å². The number of phosphoric ester groups is 1. The summed E-state index contributed by atoms with van der Waals surface area (Å²) in [5.74, 6) is -1.67. The van der Waals surface area contributed by atoms with E-state index in [4.69, 9.17) is 32.5 Å². The fraction of sp³-hybridized carbons (Fsp3) is 0.950. The van der Waals surface area contributed by atoms with Crippen LogP contribution in [0.15, 0.2) is 0 Å². The molecular weight excluding hydrogens is 1180 g/mol. The minimum atomic E-state index is -4.37. The van der Waals surface area contributed by atoms with Crippen LogP contribution in [0, 0.1) is 0 Å². The Morgan fingerprint density at radius 1 is 0.226 bits per heavy atom. The summed E-state index contributed by atoms with van der Waals surface area (Å²) in [7, 11) is -4.37. The number of hydrogen-bond donors (Lipinski definition) is 0. The van der Waals surface area contributed by atoms with Gasteiger partial charge in [-0.05, 0) is 32.6 Å². The quantitative estimate of drug-likeness (QED) is 0.0247. The molecule has 0 aliphatic heterocycles. The molecule has 0 aromatic heterocycles. The van der Waals surface area contributed by atoms with Gasteiger partial charge in [-0.2, -0.15) is 0 Å². The van der Waals surface area contributed by atoms with Crippen LogP contribution in [0.3, 0.4) is 0 Å². The van der Waals surface area contributed by atoms with Gasteiger partial charge in [-0.25, -0.2) is 4.57 Å².